The lowest BCUT2D eigenvalue weighted by Crippen LogP contribution is -2.41. The summed E-state index contributed by atoms with van der Waals surface area (Å²) in [5, 5.41) is 9.96. The zero-order valence-electron chi connectivity index (χ0n) is 11.5. The Balaban J connectivity index is 2.34. The highest BCUT2D eigenvalue weighted by atomic mass is 32.2. The van der Waals surface area contributed by atoms with Gasteiger partial charge in [-0.25, -0.2) is 0 Å². The van der Waals surface area contributed by atoms with E-state index >= 15 is 0 Å². The van der Waals surface area contributed by atoms with Crippen LogP contribution in [0.2, 0.25) is 0 Å². The molecule has 0 aromatic heterocycles. The summed E-state index contributed by atoms with van der Waals surface area (Å²) in [5.41, 5.74) is -0.0839. The lowest BCUT2D eigenvalue weighted by molar-refractivity contribution is 0.00578. The monoisotopic (exact) mass is 266 g/mol. The summed E-state index contributed by atoms with van der Waals surface area (Å²) >= 11 is 1.63. The Morgan fingerprint density at radius 1 is 1.11 bits per heavy atom. The molecule has 18 heavy (non-hydrogen) atoms. The molecule has 0 unspecified atom stereocenters. The predicted molar refractivity (Wildman–Crippen MR) is 75.6 cm³/mol. The first-order valence-corrected chi connectivity index (χ1v) is 7.22. The number of benzene rings is 1. The number of phenols is 1. The second-order valence-electron chi connectivity index (χ2n) is 5.51. The van der Waals surface area contributed by atoms with Crippen molar-refractivity contribution in [1.82, 2.24) is 0 Å². The van der Waals surface area contributed by atoms with Crippen molar-refractivity contribution >= 4 is 24.3 Å². The van der Waals surface area contributed by atoms with Crippen LogP contribution in [0.25, 0.3) is 0 Å². The third-order valence-electron chi connectivity index (χ3n) is 3.74. The van der Waals surface area contributed by atoms with Crippen LogP contribution in [0.4, 0.5) is 0 Å². The van der Waals surface area contributed by atoms with Crippen LogP contribution in [0.3, 0.4) is 0 Å². The summed E-state index contributed by atoms with van der Waals surface area (Å²) in [6, 6.07) is 5.49. The van der Waals surface area contributed by atoms with Gasteiger partial charge in [0.25, 0.3) is 0 Å². The van der Waals surface area contributed by atoms with Gasteiger partial charge < -0.3 is 14.4 Å². The predicted octanol–water partition coefficient (Wildman–Crippen LogP) is 2.41. The van der Waals surface area contributed by atoms with Gasteiger partial charge in [0.2, 0.25) is 0 Å². The molecule has 0 radical (unpaired) electrons. The van der Waals surface area contributed by atoms with Crippen molar-refractivity contribution in [2.24, 2.45) is 0 Å². The molecule has 1 aromatic carbocycles. The first-order valence-electron chi connectivity index (χ1n) is 5.99. The molecular weight excluding hydrogens is 247 g/mol. The van der Waals surface area contributed by atoms with Crippen LogP contribution >= 0.6 is 11.8 Å². The Labute approximate surface area is 113 Å². The molecule has 1 fully saturated rings. The van der Waals surface area contributed by atoms with Crippen LogP contribution in [0.5, 0.6) is 5.75 Å². The van der Waals surface area contributed by atoms with Crippen molar-refractivity contribution < 1.29 is 14.4 Å². The molecule has 0 amide bonds. The third kappa shape index (κ3) is 2.27. The molecule has 0 aliphatic carbocycles. The van der Waals surface area contributed by atoms with E-state index in [0.29, 0.717) is 5.46 Å². The lowest BCUT2D eigenvalue weighted by Gasteiger charge is -2.32. The lowest BCUT2D eigenvalue weighted by atomic mass is 9.78. The highest BCUT2D eigenvalue weighted by Gasteiger charge is 2.52. The van der Waals surface area contributed by atoms with E-state index in [4.69, 9.17) is 9.31 Å². The van der Waals surface area contributed by atoms with Gasteiger partial charge >= 0.3 is 7.12 Å². The largest absolute Gasteiger partial charge is 0.508 e. The van der Waals surface area contributed by atoms with Crippen molar-refractivity contribution in [1.29, 1.82) is 0 Å². The molecule has 2 rings (SSSR count). The molecule has 3 nitrogen and oxygen atoms in total. The average molecular weight is 266 g/mol. The van der Waals surface area contributed by atoms with Gasteiger partial charge in [0.1, 0.15) is 5.75 Å². The van der Waals surface area contributed by atoms with Gasteiger partial charge in [0, 0.05) is 10.4 Å². The number of hydrogen-bond donors (Lipinski definition) is 1. The highest BCUT2D eigenvalue weighted by molar-refractivity contribution is 7.98. The fourth-order valence-corrected chi connectivity index (χ4v) is 2.27. The molecule has 1 aromatic rings. The van der Waals surface area contributed by atoms with Crippen molar-refractivity contribution in [2.75, 3.05) is 6.26 Å². The van der Waals surface area contributed by atoms with Crippen molar-refractivity contribution in [3.63, 3.8) is 0 Å². The van der Waals surface area contributed by atoms with Crippen LogP contribution in [0.1, 0.15) is 27.7 Å². The molecule has 0 saturated carbocycles. The van der Waals surface area contributed by atoms with E-state index in [1.165, 1.54) is 0 Å². The summed E-state index contributed by atoms with van der Waals surface area (Å²) in [7, 11) is -0.512. The van der Waals surface area contributed by atoms with Crippen molar-refractivity contribution in [3.05, 3.63) is 18.2 Å². The number of aromatic hydroxyl groups is 1. The van der Waals surface area contributed by atoms with Gasteiger partial charge in [-0.05, 0) is 52.1 Å². The zero-order valence-corrected chi connectivity index (χ0v) is 12.3. The number of thioether (sulfide) groups is 1. The van der Waals surface area contributed by atoms with E-state index in [0.717, 1.165) is 4.90 Å². The Morgan fingerprint density at radius 3 is 2.17 bits per heavy atom. The normalized spacial score (nSPS) is 21.3. The molecule has 1 aliphatic heterocycles. The fraction of sp³-hybridized carbons (Fsp3) is 0.538. The fourth-order valence-electron chi connectivity index (χ4n) is 1.82. The first kappa shape index (κ1) is 13.8. The summed E-state index contributed by atoms with van der Waals surface area (Å²) in [6.45, 7) is 8.01. The standard InChI is InChI=1S/C13H19BO3S/c1-12(2)13(3,4)17-14(16-12)10-8-9(18-5)6-7-11(10)15/h6-8,15H,1-5H3. The second kappa shape index (κ2) is 4.47. The van der Waals surface area contributed by atoms with Crippen molar-refractivity contribution in [3.8, 4) is 5.75 Å². The second-order valence-corrected chi connectivity index (χ2v) is 6.39. The maximum Gasteiger partial charge on any atom is 0.498 e. The van der Waals surface area contributed by atoms with E-state index in [-0.39, 0.29) is 17.0 Å². The van der Waals surface area contributed by atoms with Crippen molar-refractivity contribution in [2.45, 2.75) is 43.8 Å². The Bertz CT molecular complexity index is 444. The Morgan fingerprint density at radius 2 is 1.67 bits per heavy atom. The minimum Gasteiger partial charge on any atom is -0.508 e. The van der Waals surface area contributed by atoms with E-state index in [9.17, 15) is 5.11 Å². The van der Waals surface area contributed by atoms with E-state index in [1.54, 1.807) is 17.8 Å². The molecule has 1 heterocycles. The third-order valence-corrected chi connectivity index (χ3v) is 4.47. The van der Waals surface area contributed by atoms with Gasteiger partial charge in [0.15, 0.2) is 0 Å². The molecule has 98 valence electrons. The smallest absolute Gasteiger partial charge is 0.498 e. The van der Waals surface area contributed by atoms with Crippen LogP contribution < -0.4 is 5.46 Å². The van der Waals surface area contributed by atoms with Gasteiger partial charge in [0.05, 0.1) is 11.2 Å². The number of rotatable bonds is 2. The molecule has 5 heteroatoms. The Kier molecular flexibility index (Phi) is 3.43. The van der Waals surface area contributed by atoms with E-state index in [1.807, 2.05) is 46.1 Å². The molecule has 0 bridgehead atoms. The maximum absolute atomic E-state index is 9.96. The molecule has 0 atom stereocenters. The minimum absolute atomic E-state index is 0.214. The molecule has 0 spiro atoms. The number of hydrogen-bond acceptors (Lipinski definition) is 4. The topological polar surface area (TPSA) is 38.7 Å². The summed E-state index contributed by atoms with van der Waals surface area (Å²) < 4.78 is 11.9. The SMILES string of the molecule is CSc1ccc(O)c(B2OC(C)(C)C(C)(C)O2)c1. The summed E-state index contributed by atoms with van der Waals surface area (Å²) in [6.07, 6.45) is 2.00. The van der Waals surface area contributed by atoms with Gasteiger partial charge in [-0.1, -0.05) is 0 Å². The molecular formula is C13H19BO3S. The summed E-state index contributed by atoms with van der Waals surface area (Å²) in [5.74, 6) is 0.214. The Hall–Kier alpha value is -0.645. The van der Waals surface area contributed by atoms with Crippen LogP contribution in [-0.4, -0.2) is 29.7 Å². The van der Waals surface area contributed by atoms with E-state index in [2.05, 4.69) is 0 Å². The zero-order chi connectivity index (χ0) is 13.6. The first-order chi connectivity index (χ1) is 8.27. The van der Waals surface area contributed by atoms with Crippen LogP contribution in [0.15, 0.2) is 23.1 Å². The summed E-state index contributed by atoms with van der Waals surface area (Å²) in [4.78, 5) is 1.08. The number of phenolic OH excluding ortho intramolecular Hbond substituents is 1. The minimum atomic E-state index is -0.512. The van der Waals surface area contributed by atoms with Gasteiger partial charge in [-0.3, -0.25) is 0 Å². The quantitative estimate of drug-likeness (QED) is 0.659. The molecule has 1 saturated heterocycles. The highest BCUT2D eigenvalue weighted by Crippen LogP contribution is 2.37. The van der Waals surface area contributed by atoms with Gasteiger partial charge in [-0.2, -0.15) is 0 Å². The molecule has 1 aliphatic rings. The van der Waals surface area contributed by atoms with Crippen LogP contribution in [-0.2, 0) is 9.31 Å². The van der Waals surface area contributed by atoms with Gasteiger partial charge in [-0.15, -0.1) is 11.8 Å². The van der Waals surface area contributed by atoms with Crippen LogP contribution in [0, 0.1) is 0 Å². The maximum atomic E-state index is 9.96. The average Bonchev–Trinajstić information content (AvgIpc) is 2.48. The molecule has 1 N–H and O–H groups in total. The van der Waals surface area contributed by atoms with E-state index < -0.39 is 7.12 Å².